The molecule has 0 amide bonds. The van der Waals surface area contributed by atoms with Gasteiger partial charge in [-0.25, -0.2) is 15.0 Å². The molecule has 2 heterocycles. The molecule has 61 heavy (non-hydrogen) atoms. The van der Waals surface area contributed by atoms with E-state index < -0.39 is 5.41 Å². The second kappa shape index (κ2) is 15.3. The minimum Gasteiger partial charge on any atom is -0.265 e. The van der Waals surface area contributed by atoms with Crippen LogP contribution in [-0.2, 0) is 5.41 Å². The topological polar surface area (TPSA) is 51.6 Å². The third-order valence-electron chi connectivity index (χ3n) is 12.0. The molecule has 0 atom stereocenters. The summed E-state index contributed by atoms with van der Waals surface area (Å²) in [6, 6.07) is 77.5. The van der Waals surface area contributed by atoms with Gasteiger partial charge in [-0.15, -0.1) is 0 Å². The van der Waals surface area contributed by atoms with Gasteiger partial charge in [0.1, 0.15) is 0 Å². The third kappa shape index (κ3) is 6.42. The largest absolute Gasteiger partial charge is 0.265 e. The fourth-order valence-corrected chi connectivity index (χ4v) is 9.00. The average molecular weight is 779 g/mol. The Bertz CT molecular complexity index is 2990. The predicted octanol–water partition coefficient (Wildman–Crippen LogP) is 13.6. The molecular weight excluding hydrogens is 741 g/mol. The van der Waals surface area contributed by atoms with Crippen molar-refractivity contribution in [2.24, 2.45) is 0 Å². The number of hydrogen-bond acceptors (Lipinski definition) is 4. The fraction of sp³-hybridized carbons (Fsp3) is 0.0175. The Morgan fingerprint density at radius 2 is 0.590 bits per heavy atom. The molecule has 0 saturated heterocycles. The van der Waals surface area contributed by atoms with Gasteiger partial charge < -0.3 is 0 Å². The van der Waals surface area contributed by atoms with Gasteiger partial charge in [0, 0.05) is 29.1 Å². The van der Waals surface area contributed by atoms with Gasteiger partial charge >= 0.3 is 0 Å². The van der Waals surface area contributed by atoms with Crippen molar-refractivity contribution < 1.29 is 0 Å². The van der Waals surface area contributed by atoms with Gasteiger partial charge in [-0.05, 0) is 91.0 Å². The Kier molecular flexibility index (Phi) is 9.02. The smallest absolute Gasteiger partial charge is 0.164 e. The average Bonchev–Trinajstić information content (AvgIpc) is 3.65. The van der Waals surface area contributed by atoms with Gasteiger partial charge in [0.15, 0.2) is 17.5 Å². The second-order valence-corrected chi connectivity index (χ2v) is 15.4. The quantitative estimate of drug-likeness (QED) is 0.154. The molecule has 8 aromatic carbocycles. The molecule has 0 radical (unpaired) electrons. The van der Waals surface area contributed by atoms with Gasteiger partial charge in [0.05, 0.1) is 5.41 Å². The molecule has 286 valence electrons. The molecule has 1 aliphatic rings. The summed E-state index contributed by atoms with van der Waals surface area (Å²) < 4.78 is 0. The SMILES string of the molecule is c1ccc(-c2ccc(-c3nc(-c4ccc(-c5ccccc5)cc4)nc(-c4ccc5c(c4)C(c4ccccc4)(c4ccccc4)c4cc(-c6ccncc6)ccc4-5)n3)cc2)cc1. The molecule has 0 bridgehead atoms. The summed E-state index contributed by atoms with van der Waals surface area (Å²) in [5.41, 5.74) is 16.2. The van der Waals surface area contributed by atoms with E-state index in [4.69, 9.17) is 15.0 Å². The first kappa shape index (κ1) is 36.0. The Morgan fingerprint density at radius 3 is 1.05 bits per heavy atom. The van der Waals surface area contributed by atoms with E-state index in [1.807, 2.05) is 24.5 Å². The van der Waals surface area contributed by atoms with E-state index >= 15 is 0 Å². The fourth-order valence-electron chi connectivity index (χ4n) is 9.00. The maximum atomic E-state index is 5.26. The Morgan fingerprint density at radius 1 is 0.262 bits per heavy atom. The van der Waals surface area contributed by atoms with Crippen LogP contribution < -0.4 is 0 Å². The van der Waals surface area contributed by atoms with Crippen LogP contribution >= 0.6 is 0 Å². The Labute approximate surface area is 355 Å². The van der Waals surface area contributed by atoms with E-state index in [9.17, 15) is 0 Å². The van der Waals surface area contributed by atoms with Crippen LogP contribution in [0.3, 0.4) is 0 Å². The number of benzene rings is 8. The molecule has 0 unspecified atom stereocenters. The van der Waals surface area contributed by atoms with Crippen molar-refractivity contribution in [3.63, 3.8) is 0 Å². The normalized spacial score (nSPS) is 12.4. The first-order valence-electron chi connectivity index (χ1n) is 20.6. The van der Waals surface area contributed by atoms with E-state index in [0.29, 0.717) is 17.5 Å². The zero-order chi connectivity index (χ0) is 40.6. The maximum Gasteiger partial charge on any atom is 0.164 e. The number of pyridine rings is 1. The van der Waals surface area contributed by atoms with Gasteiger partial charge in [0.25, 0.3) is 0 Å². The van der Waals surface area contributed by atoms with Gasteiger partial charge in [0.2, 0.25) is 0 Å². The molecule has 0 N–H and O–H groups in total. The molecule has 2 aromatic heterocycles. The molecule has 0 aliphatic heterocycles. The number of fused-ring (bicyclic) bond motifs is 3. The lowest BCUT2D eigenvalue weighted by atomic mass is 9.67. The van der Waals surface area contributed by atoms with Gasteiger partial charge in [-0.1, -0.05) is 194 Å². The lowest BCUT2D eigenvalue weighted by Gasteiger charge is -2.34. The first-order valence-corrected chi connectivity index (χ1v) is 20.6. The Balaban J connectivity index is 1.11. The summed E-state index contributed by atoms with van der Waals surface area (Å²) >= 11 is 0. The molecule has 4 heteroatoms. The molecule has 0 saturated carbocycles. The number of nitrogens with zero attached hydrogens (tertiary/aromatic N) is 4. The highest BCUT2D eigenvalue weighted by molar-refractivity contribution is 5.90. The number of rotatable bonds is 8. The molecule has 0 spiro atoms. The van der Waals surface area contributed by atoms with Crippen molar-refractivity contribution in [3.8, 4) is 78.7 Å². The van der Waals surface area contributed by atoms with E-state index in [2.05, 4.69) is 211 Å². The molecule has 0 fully saturated rings. The van der Waals surface area contributed by atoms with E-state index in [1.54, 1.807) is 0 Å². The zero-order valence-corrected chi connectivity index (χ0v) is 33.2. The molecule has 11 rings (SSSR count). The highest BCUT2D eigenvalue weighted by atomic mass is 15.0. The minimum atomic E-state index is -0.620. The summed E-state index contributed by atoms with van der Waals surface area (Å²) in [6.07, 6.45) is 3.72. The second-order valence-electron chi connectivity index (χ2n) is 15.4. The highest BCUT2D eigenvalue weighted by Gasteiger charge is 2.46. The van der Waals surface area contributed by atoms with Crippen LogP contribution in [0.15, 0.2) is 231 Å². The van der Waals surface area contributed by atoms with Crippen LogP contribution in [0, 0.1) is 0 Å². The zero-order valence-electron chi connectivity index (χ0n) is 33.2. The van der Waals surface area contributed by atoms with E-state index in [1.165, 1.54) is 33.4 Å². The summed E-state index contributed by atoms with van der Waals surface area (Å²) in [6.45, 7) is 0. The van der Waals surface area contributed by atoms with Gasteiger partial charge in [-0.3, -0.25) is 4.98 Å². The lowest BCUT2D eigenvalue weighted by Crippen LogP contribution is -2.28. The highest BCUT2D eigenvalue weighted by Crippen LogP contribution is 2.57. The Hall–Kier alpha value is -8.08. The van der Waals surface area contributed by atoms with Crippen molar-refractivity contribution in [2.75, 3.05) is 0 Å². The molecule has 4 nitrogen and oxygen atoms in total. The molecule has 10 aromatic rings. The van der Waals surface area contributed by atoms with Crippen LogP contribution in [0.4, 0.5) is 0 Å². The molecule has 1 aliphatic carbocycles. The van der Waals surface area contributed by atoms with Crippen molar-refractivity contribution in [1.29, 1.82) is 0 Å². The standard InChI is InChI=1S/C57H38N4/c1-5-13-39(14-6-1)41-21-25-44(26-22-41)54-59-55(45-27-23-42(24-28-45)40-15-7-2-8-16-40)61-56(60-54)47-30-32-51-50-31-29-46(43-33-35-58-36-34-43)37-52(50)57(53(51)38-47,48-17-9-3-10-18-48)49-19-11-4-12-20-49/h1-38H. The van der Waals surface area contributed by atoms with E-state index in [0.717, 1.165) is 50.1 Å². The summed E-state index contributed by atoms with van der Waals surface area (Å²) in [5.74, 6) is 1.86. The van der Waals surface area contributed by atoms with Crippen LogP contribution in [0.2, 0.25) is 0 Å². The van der Waals surface area contributed by atoms with Crippen LogP contribution in [0.1, 0.15) is 22.3 Å². The minimum absolute atomic E-state index is 0.616. The number of aromatic nitrogens is 4. The summed E-state index contributed by atoms with van der Waals surface area (Å²) in [5, 5.41) is 0. The van der Waals surface area contributed by atoms with Crippen LogP contribution in [0.25, 0.3) is 78.7 Å². The number of hydrogen-bond donors (Lipinski definition) is 0. The van der Waals surface area contributed by atoms with Crippen molar-refractivity contribution >= 4 is 0 Å². The predicted molar refractivity (Wildman–Crippen MR) is 248 cm³/mol. The third-order valence-corrected chi connectivity index (χ3v) is 12.0. The summed E-state index contributed by atoms with van der Waals surface area (Å²) in [4.78, 5) is 20.0. The van der Waals surface area contributed by atoms with Crippen molar-refractivity contribution in [1.82, 2.24) is 19.9 Å². The van der Waals surface area contributed by atoms with Crippen molar-refractivity contribution in [3.05, 3.63) is 253 Å². The van der Waals surface area contributed by atoms with Crippen LogP contribution in [-0.4, -0.2) is 19.9 Å². The molecular formula is C57H38N4. The maximum absolute atomic E-state index is 5.26. The first-order chi connectivity index (χ1) is 30.2. The van der Waals surface area contributed by atoms with E-state index in [-0.39, 0.29) is 0 Å². The summed E-state index contributed by atoms with van der Waals surface area (Å²) in [7, 11) is 0. The van der Waals surface area contributed by atoms with Crippen molar-refractivity contribution in [2.45, 2.75) is 5.41 Å². The van der Waals surface area contributed by atoms with Gasteiger partial charge in [-0.2, -0.15) is 0 Å². The lowest BCUT2D eigenvalue weighted by molar-refractivity contribution is 0.769. The van der Waals surface area contributed by atoms with Crippen LogP contribution in [0.5, 0.6) is 0 Å². The monoisotopic (exact) mass is 778 g/mol.